The monoisotopic (exact) mass is 252 g/mol. The summed E-state index contributed by atoms with van der Waals surface area (Å²) in [5.41, 5.74) is 0.313. The zero-order valence-corrected chi connectivity index (χ0v) is 10.2. The number of amides is 1. The summed E-state index contributed by atoms with van der Waals surface area (Å²) in [7, 11) is 1.67. The highest BCUT2D eigenvalue weighted by Crippen LogP contribution is 2.43. The van der Waals surface area contributed by atoms with Crippen LogP contribution in [0.25, 0.3) is 0 Å². The number of methoxy groups -OCH3 is 1. The van der Waals surface area contributed by atoms with E-state index in [9.17, 15) is 4.79 Å². The molecule has 1 saturated carbocycles. The van der Waals surface area contributed by atoms with E-state index in [1.54, 1.807) is 13.2 Å². The summed E-state index contributed by atoms with van der Waals surface area (Å²) < 4.78 is 15.5. The predicted molar refractivity (Wildman–Crippen MR) is 61.0 cm³/mol. The number of nitrogens with zero attached hydrogens (tertiary/aromatic N) is 1. The smallest absolute Gasteiger partial charge is 0.273 e. The minimum atomic E-state index is -0.194. The van der Waals surface area contributed by atoms with Crippen LogP contribution >= 0.6 is 0 Å². The average Bonchev–Trinajstić information content (AvgIpc) is 3.02. The van der Waals surface area contributed by atoms with Gasteiger partial charge in [0.05, 0.1) is 12.7 Å². The first-order chi connectivity index (χ1) is 8.81. The number of hydrogen-bond donors (Lipinski definition) is 1. The van der Waals surface area contributed by atoms with Gasteiger partial charge in [0.1, 0.15) is 6.26 Å². The summed E-state index contributed by atoms with van der Waals surface area (Å²) in [4.78, 5) is 11.9. The van der Waals surface area contributed by atoms with E-state index in [-0.39, 0.29) is 24.0 Å². The molecule has 0 aromatic carbocycles. The van der Waals surface area contributed by atoms with Gasteiger partial charge in [0.15, 0.2) is 5.69 Å². The number of fused-ring (bicyclic) bond motifs is 1. The second-order valence-corrected chi connectivity index (χ2v) is 4.79. The molecule has 2 fully saturated rings. The number of aromatic nitrogens is 1. The lowest BCUT2D eigenvalue weighted by molar-refractivity contribution is -0.0810. The molecule has 0 spiro atoms. The van der Waals surface area contributed by atoms with Crippen molar-refractivity contribution in [3.63, 3.8) is 0 Å². The van der Waals surface area contributed by atoms with E-state index in [0.29, 0.717) is 18.2 Å². The Morgan fingerprint density at radius 1 is 1.67 bits per heavy atom. The van der Waals surface area contributed by atoms with E-state index in [4.69, 9.17) is 9.47 Å². The third-order valence-electron chi connectivity index (χ3n) is 3.86. The van der Waals surface area contributed by atoms with Crippen LogP contribution in [0.3, 0.4) is 0 Å². The van der Waals surface area contributed by atoms with Crippen LogP contribution in [0.5, 0.6) is 0 Å². The topological polar surface area (TPSA) is 73.6 Å². The molecule has 2 aliphatic rings. The molecule has 1 aromatic rings. The van der Waals surface area contributed by atoms with Crippen molar-refractivity contribution in [2.45, 2.75) is 18.6 Å². The summed E-state index contributed by atoms with van der Waals surface area (Å²) in [6.07, 6.45) is 2.62. The van der Waals surface area contributed by atoms with Gasteiger partial charge in [-0.2, -0.15) is 0 Å². The van der Waals surface area contributed by atoms with Gasteiger partial charge in [-0.15, -0.1) is 0 Å². The molecule has 0 radical (unpaired) electrons. The molecule has 1 saturated heterocycles. The molecule has 1 aliphatic heterocycles. The number of rotatable bonds is 4. The fourth-order valence-corrected chi connectivity index (χ4v) is 2.99. The number of nitrogens with one attached hydrogen (secondary N) is 1. The molecule has 98 valence electrons. The number of carbonyl (C=O) groups excluding carboxylic acids is 1. The van der Waals surface area contributed by atoms with Crippen LogP contribution in [0.2, 0.25) is 0 Å². The van der Waals surface area contributed by atoms with Crippen LogP contribution in [-0.4, -0.2) is 43.5 Å². The molecule has 18 heavy (non-hydrogen) atoms. The summed E-state index contributed by atoms with van der Waals surface area (Å²) in [6.45, 7) is 1.37. The van der Waals surface area contributed by atoms with Crippen molar-refractivity contribution in [3.05, 3.63) is 18.0 Å². The number of carbonyl (C=O) groups is 1. The van der Waals surface area contributed by atoms with Gasteiger partial charge in [-0.1, -0.05) is 5.16 Å². The molecule has 3 rings (SSSR count). The minimum Gasteiger partial charge on any atom is -0.384 e. The van der Waals surface area contributed by atoms with E-state index in [0.717, 1.165) is 13.0 Å². The molecule has 1 amide bonds. The Morgan fingerprint density at radius 2 is 2.56 bits per heavy atom. The maximum absolute atomic E-state index is 11.9. The van der Waals surface area contributed by atoms with Crippen molar-refractivity contribution in [1.82, 2.24) is 10.5 Å². The molecule has 0 bridgehead atoms. The van der Waals surface area contributed by atoms with Crippen LogP contribution in [0, 0.1) is 11.8 Å². The first-order valence-electron chi connectivity index (χ1n) is 6.13. The first-order valence-corrected chi connectivity index (χ1v) is 6.13. The van der Waals surface area contributed by atoms with Crippen LogP contribution in [0.15, 0.2) is 16.9 Å². The molecule has 6 nitrogen and oxygen atoms in total. The van der Waals surface area contributed by atoms with Crippen molar-refractivity contribution >= 4 is 5.91 Å². The average molecular weight is 252 g/mol. The second-order valence-electron chi connectivity index (χ2n) is 4.79. The van der Waals surface area contributed by atoms with E-state index in [1.165, 1.54) is 6.26 Å². The van der Waals surface area contributed by atoms with Gasteiger partial charge in [-0.3, -0.25) is 4.79 Å². The van der Waals surface area contributed by atoms with Crippen molar-refractivity contribution in [3.8, 4) is 0 Å². The molecule has 2 heterocycles. The lowest BCUT2D eigenvalue weighted by Gasteiger charge is -2.47. The Bertz CT molecular complexity index is 420. The van der Waals surface area contributed by atoms with Crippen LogP contribution in [0.4, 0.5) is 0 Å². The SMILES string of the molecule is COC[C@H]1[C@@H](NC(=O)c2ccon2)[C@H]2CCO[C@H]21. The largest absolute Gasteiger partial charge is 0.384 e. The van der Waals surface area contributed by atoms with Crippen LogP contribution in [-0.2, 0) is 9.47 Å². The van der Waals surface area contributed by atoms with Crippen molar-refractivity contribution in [2.24, 2.45) is 11.8 Å². The summed E-state index contributed by atoms with van der Waals surface area (Å²) in [6, 6.07) is 1.67. The maximum Gasteiger partial charge on any atom is 0.273 e. The third-order valence-corrected chi connectivity index (χ3v) is 3.86. The standard InChI is InChI=1S/C12H16N2O4/c1-16-6-8-10(7-2-4-17-11(7)8)13-12(15)9-3-5-18-14-9/h3,5,7-8,10-11H,2,4,6H2,1H3,(H,13,15)/t7-,8+,10+,11-/m1/s1. The zero-order chi connectivity index (χ0) is 12.5. The van der Waals surface area contributed by atoms with Gasteiger partial charge < -0.3 is 19.3 Å². The quantitative estimate of drug-likeness (QED) is 0.842. The number of hydrogen-bond acceptors (Lipinski definition) is 5. The maximum atomic E-state index is 11.9. The lowest BCUT2D eigenvalue weighted by Crippen LogP contribution is -2.62. The molecular formula is C12H16N2O4. The van der Waals surface area contributed by atoms with Gasteiger partial charge in [0.25, 0.3) is 5.91 Å². The Morgan fingerprint density at radius 3 is 3.28 bits per heavy atom. The Hall–Kier alpha value is -1.40. The van der Waals surface area contributed by atoms with E-state index in [1.807, 2.05) is 0 Å². The highest BCUT2D eigenvalue weighted by atomic mass is 16.5. The van der Waals surface area contributed by atoms with E-state index < -0.39 is 0 Å². The van der Waals surface area contributed by atoms with Crippen molar-refractivity contribution in [2.75, 3.05) is 20.3 Å². The van der Waals surface area contributed by atoms with Crippen LogP contribution < -0.4 is 5.32 Å². The molecule has 4 atom stereocenters. The normalized spacial score (nSPS) is 33.8. The van der Waals surface area contributed by atoms with Gasteiger partial charge in [-0.25, -0.2) is 0 Å². The highest BCUT2D eigenvalue weighted by Gasteiger charge is 2.54. The fraction of sp³-hybridized carbons (Fsp3) is 0.667. The lowest BCUT2D eigenvalue weighted by atomic mass is 9.67. The summed E-state index contributed by atoms with van der Waals surface area (Å²) in [5, 5.41) is 6.64. The van der Waals surface area contributed by atoms with Crippen LogP contribution in [0.1, 0.15) is 16.9 Å². The summed E-state index contributed by atoms with van der Waals surface area (Å²) >= 11 is 0. The van der Waals surface area contributed by atoms with Crippen molar-refractivity contribution in [1.29, 1.82) is 0 Å². The molecule has 1 N–H and O–H groups in total. The highest BCUT2D eigenvalue weighted by molar-refractivity contribution is 5.92. The van der Waals surface area contributed by atoms with Gasteiger partial charge in [-0.05, 0) is 6.42 Å². The molecule has 0 unspecified atom stereocenters. The molecule has 1 aliphatic carbocycles. The molecule has 6 heteroatoms. The van der Waals surface area contributed by atoms with Gasteiger partial charge in [0, 0.05) is 37.7 Å². The molecular weight excluding hydrogens is 236 g/mol. The third kappa shape index (κ3) is 1.81. The van der Waals surface area contributed by atoms with E-state index in [2.05, 4.69) is 15.0 Å². The van der Waals surface area contributed by atoms with Gasteiger partial charge in [0.2, 0.25) is 0 Å². The first kappa shape index (κ1) is 11.7. The molecule has 1 aromatic heterocycles. The number of ether oxygens (including phenoxy) is 2. The van der Waals surface area contributed by atoms with Crippen molar-refractivity contribution < 1.29 is 18.8 Å². The fourth-order valence-electron chi connectivity index (χ4n) is 2.99. The van der Waals surface area contributed by atoms with Gasteiger partial charge >= 0.3 is 0 Å². The Labute approximate surface area is 105 Å². The van der Waals surface area contributed by atoms with E-state index >= 15 is 0 Å². The minimum absolute atomic E-state index is 0.113. The predicted octanol–water partition coefficient (Wildman–Crippen LogP) is 0.454. The Kier molecular flexibility index (Phi) is 3.05. The summed E-state index contributed by atoms with van der Waals surface area (Å²) in [5.74, 6) is 0.444. The Balaban J connectivity index is 1.66. The second kappa shape index (κ2) is 4.70. The zero-order valence-electron chi connectivity index (χ0n) is 10.2.